The van der Waals surface area contributed by atoms with Crippen molar-refractivity contribution in [3.63, 3.8) is 0 Å². The van der Waals surface area contributed by atoms with Crippen LogP contribution in [0.3, 0.4) is 0 Å². The zero-order valence-electron chi connectivity index (χ0n) is 16.1. The Morgan fingerprint density at radius 2 is 1.93 bits per heavy atom. The maximum Gasteiger partial charge on any atom is 0.191 e. The van der Waals surface area contributed by atoms with E-state index >= 15 is 0 Å². The molecule has 2 N–H and O–H groups in total. The fourth-order valence-corrected chi connectivity index (χ4v) is 3.50. The molecule has 0 bridgehead atoms. The maximum absolute atomic E-state index is 4.75. The van der Waals surface area contributed by atoms with E-state index in [0.717, 1.165) is 54.4 Å². The van der Waals surface area contributed by atoms with E-state index in [-0.39, 0.29) is 0 Å². The summed E-state index contributed by atoms with van der Waals surface area (Å²) in [7, 11) is 0. The minimum atomic E-state index is 0.439. The highest BCUT2D eigenvalue weighted by Crippen LogP contribution is 2.18. The van der Waals surface area contributed by atoms with E-state index in [1.54, 1.807) is 0 Å². The van der Waals surface area contributed by atoms with Crippen LogP contribution in [0.5, 0.6) is 0 Å². The van der Waals surface area contributed by atoms with Crippen LogP contribution in [0, 0.1) is 6.92 Å². The van der Waals surface area contributed by atoms with E-state index < -0.39 is 0 Å². The Morgan fingerprint density at radius 1 is 1.19 bits per heavy atom. The second-order valence-electron chi connectivity index (χ2n) is 6.86. The zero-order chi connectivity index (χ0) is 19.1. The molecule has 0 aliphatic carbocycles. The smallest absolute Gasteiger partial charge is 0.191 e. The third kappa shape index (κ3) is 5.96. The minimum Gasteiger partial charge on any atom is -0.357 e. The van der Waals surface area contributed by atoms with Gasteiger partial charge in [-0.25, -0.2) is 9.98 Å². The minimum absolute atomic E-state index is 0.439. The fourth-order valence-electron chi connectivity index (χ4n) is 3.23. The van der Waals surface area contributed by atoms with Crippen molar-refractivity contribution in [3.05, 3.63) is 58.2 Å². The van der Waals surface area contributed by atoms with Crippen LogP contribution in [-0.2, 0) is 6.54 Å². The van der Waals surface area contributed by atoms with E-state index in [2.05, 4.69) is 79.8 Å². The number of benzene rings is 1. The van der Waals surface area contributed by atoms with Crippen LogP contribution >= 0.6 is 15.9 Å². The molecule has 0 unspecified atom stereocenters. The summed E-state index contributed by atoms with van der Waals surface area (Å²) in [6.45, 7) is 7.71. The Hall–Kier alpha value is -2.08. The molecule has 1 aromatic heterocycles. The Kier molecular flexibility index (Phi) is 7.10. The van der Waals surface area contributed by atoms with Gasteiger partial charge in [0.1, 0.15) is 5.82 Å². The molecule has 0 radical (unpaired) electrons. The van der Waals surface area contributed by atoms with Crippen LogP contribution in [0.2, 0.25) is 0 Å². The molecule has 5 nitrogen and oxygen atoms in total. The van der Waals surface area contributed by atoms with Gasteiger partial charge in [-0.3, -0.25) is 0 Å². The number of aryl methyl sites for hydroxylation is 1. The lowest BCUT2D eigenvalue weighted by molar-refractivity contribution is 0.459. The van der Waals surface area contributed by atoms with Crippen molar-refractivity contribution in [2.45, 2.75) is 39.3 Å². The Labute approximate surface area is 170 Å². The highest BCUT2D eigenvalue weighted by Gasteiger charge is 2.20. The molecule has 3 rings (SSSR count). The number of hydrogen-bond acceptors (Lipinski definition) is 3. The summed E-state index contributed by atoms with van der Waals surface area (Å²) in [5.41, 5.74) is 2.28. The summed E-state index contributed by atoms with van der Waals surface area (Å²) >= 11 is 3.47. The predicted molar refractivity (Wildman–Crippen MR) is 116 cm³/mol. The van der Waals surface area contributed by atoms with Crippen molar-refractivity contribution < 1.29 is 0 Å². The van der Waals surface area contributed by atoms with E-state index in [9.17, 15) is 0 Å². The Bertz CT molecular complexity index is 751. The average molecular weight is 430 g/mol. The van der Waals surface area contributed by atoms with Gasteiger partial charge in [0.2, 0.25) is 0 Å². The van der Waals surface area contributed by atoms with Crippen molar-refractivity contribution in [2.75, 3.05) is 24.5 Å². The molecule has 0 spiro atoms. The summed E-state index contributed by atoms with van der Waals surface area (Å²) in [5, 5.41) is 6.97. The predicted octanol–water partition coefficient (Wildman–Crippen LogP) is 3.88. The molecule has 6 heteroatoms. The van der Waals surface area contributed by atoms with Crippen molar-refractivity contribution in [3.8, 4) is 0 Å². The number of aliphatic imine (C=N–C) groups is 1. The van der Waals surface area contributed by atoms with Crippen molar-refractivity contribution >= 4 is 27.7 Å². The number of guanidine groups is 1. The van der Waals surface area contributed by atoms with Crippen LogP contribution in [0.25, 0.3) is 0 Å². The molecule has 0 atom stereocenters. The number of rotatable bonds is 5. The zero-order valence-corrected chi connectivity index (χ0v) is 17.7. The molecular formula is C21H28BrN5. The van der Waals surface area contributed by atoms with Gasteiger partial charge >= 0.3 is 0 Å². The van der Waals surface area contributed by atoms with Crippen LogP contribution in [0.1, 0.15) is 31.0 Å². The normalized spacial score (nSPS) is 15.7. The number of nitrogens with zero attached hydrogens (tertiary/aromatic N) is 3. The quantitative estimate of drug-likeness (QED) is 0.559. The number of pyridine rings is 1. The maximum atomic E-state index is 4.75. The summed E-state index contributed by atoms with van der Waals surface area (Å²) < 4.78 is 1.09. The number of halogens is 1. The molecule has 1 aliphatic rings. The highest BCUT2D eigenvalue weighted by molar-refractivity contribution is 9.10. The molecule has 0 amide bonds. The summed E-state index contributed by atoms with van der Waals surface area (Å²) in [5.74, 6) is 1.98. The molecular weight excluding hydrogens is 402 g/mol. The molecule has 1 saturated heterocycles. The second-order valence-corrected chi connectivity index (χ2v) is 7.78. The first-order valence-electron chi connectivity index (χ1n) is 9.62. The lowest BCUT2D eigenvalue weighted by atomic mass is 10.1. The third-order valence-electron chi connectivity index (χ3n) is 4.71. The van der Waals surface area contributed by atoms with Gasteiger partial charge in [-0.1, -0.05) is 34.1 Å². The summed E-state index contributed by atoms with van der Waals surface area (Å²) in [6.07, 6.45) is 2.16. The SMILES string of the molecule is CCNC(=NCc1ccc(Br)cc1)NC1CCN(c2cccc(C)n2)CC1. The largest absolute Gasteiger partial charge is 0.357 e. The molecule has 2 aromatic rings. The first kappa shape index (κ1) is 19.7. The second kappa shape index (κ2) is 9.74. The third-order valence-corrected chi connectivity index (χ3v) is 5.24. The van der Waals surface area contributed by atoms with Crippen LogP contribution < -0.4 is 15.5 Å². The number of nitrogens with one attached hydrogen (secondary N) is 2. The van der Waals surface area contributed by atoms with Crippen LogP contribution in [-0.4, -0.2) is 36.6 Å². The lowest BCUT2D eigenvalue weighted by Gasteiger charge is -2.34. The molecule has 27 heavy (non-hydrogen) atoms. The number of piperidine rings is 1. The molecule has 1 aliphatic heterocycles. The van der Waals surface area contributed by atoms with Gasteiger partial charge in [-0.05, 0) is 56.5 Å². The molecule has 0 saturated carbocycles. The van der Waals surface area contributed by atoms with Gasteiger partial charge in [-0.15, -0.1) is 0 Å². The Balaban J connectivity index is 1.54. The lowest BCUT2D eigenvalue weighted by Crippen LogP contribution is -2.48. The van der Waals surface area contributed by atoms with E-state index in [4.69, 9.17) is 4.99 Å². The molecule has 1 fully saturated rings. The highest BCUT2D eigenvalue weighted by atomic mass is 79.9. The van der Waals surface area contributed by atoms with Crippen LogP contribution in [0.4, 0.5) is 5.82 Å². The van der Waals surface area contributed by atoms with Gasteiger partial charge in [0.25, 0.3) is 0 Å². The van der Waals surface area contributed by atoms with E-state index in [1.807, 2.05) is 13.0 Å². The first-order valence-corrected chi connectivity index (χ1v) is 10.4. The van der Waals surface area contributed by atoms with Crippen molar-refractivity contribution in [1.29, 1.82) is 0 Å². The van der Waals surface area contributed by atoms with Gasteiger partial charge in [0.05, 0.1) is 6.54 Å². The number of anilines is 1. The van der Waals surface area contributed by atoms with Crippen molar-refractivity contribution in [1.82, 2.24) is 15.6 Å². The molecule has 2 heterocycles. The van der Waals surface area contributed by atoms with Crippen molar-refractivity contribution in [2.24, 2.45) is 4.99 Å². The van der Waals surface area contributed by atoms with Crippen LogP contribution in [0.15, 0.2) is 51.9 Å². The molecule has 1 aromatic carbocycles. The Morgan fingerprint density at radius 3 is 2.59 bits per heavy atom. The van der Waals surface area contributed by atoms with Gasteiger partial charge in [-0.2, -0.15) is 0 Å². The van der Waals surface area contributed by atoms with Gasteiger partial charge < -0.3 is 15.5 Å². The van der Waals surface area contributed by atoms with Gasteiger partial charge in [0.15, 0.2) is 5.96 Å². The van der Waals surface area contributed by atoms with Gasteiger partial charge in [0, 0.05) is 35.8 Å². The monoisotopic (exact) mass is 429 g/mol. The van der Waals surface area contributed by atoms with E-state index in [1.165, 1.54) is 5.56 Å². The summed E-state index contributed by atoms with van der Waals surface area (Å²) in [6, 6.07) is 15.0. The fraction of sp³-hybridized carbons (Fsp3) is 0.429. The standard InChI is InChI=1S/C21H28BrN5/c1-3-23-21(24-15-17-7-9-18(22)10-8-17)26-19-11-13-27(14-12-19)20-6-4-5-16(2)25-20/h4-10,19H,3,11-15H2,1-2H3,(H2,23,24,26). The first-order chi connectivity index (χ1) is 13.1. The topological polar surface area (TPSA) is 52.6 Å². The van der Waals surface area contributed by atoms with E-state index in [0.29, 0.717) is 12.6 Å². The summed E-state index contributed by atoms with van der Waals surface area (Å²) in [4.78, 5) is 11.8. The average Bonchev–Trinajstić information content (AvgIpc) is 2.68. The number of aromatic nitrogens is 1. The molecule has 144 valence electrons. The number of hydrogen-bond donors (Lipinski definition) is 2.